The van der Waals surface area contributed by atoms with Gasteiger partial charge in [-0.1, -0.05) is 36.4 Å². The molecule has 8 heteroatoms. The van der Waals surface area contributed by atoms with Crippen molar-refractivity contribution >= 4 is 41.0 Å². The fourth-order valence-electron chi connectivity index (χ4n) is 4.48. The highest BCUT2D eigenvalue weighted by molar-refractivity contribution is 14.0. The van der Waals surface area contributed by atoms with E-state index in [1.54, 1.807) is 0 Å². The number of aryl methyl sites for hydroxylation is 1. The van der Waals surface area contributed by atoms with E-state index in [-0.39, 0.29) is 24.0 Å². The molecule has 2 aromatic heterocycles. The van der Waals surface area contributed by atoms with Crippen LogP contribution in [0.3, 0.4) is 0 Å². The Hall–Kier alpha value is -2.88. The topological polar surface area (TPSA) is 63.3 Å². The maximum absolute atomic E-state index is 4.52. The molecule has 5 rings (SSSR count). The average molecular weight is 555 g/mol. The van der Waals surface area contributed by atoms with Crippen molar-refractivity contribution in [3.05, 3.63) is 83.9 Å². The number of fused-ring (bicyclic) bond motifs is 1. The van der Waals surface area contributed by atoms with E-state index in [9.17, 15) is 0 Å². The van der Waals surface area contributed by atoms with E-state index in [0.29, 0.717) is 5.92 Å². The molecule has 0 amide bonds. The van der Waals surface area contributed by atoms with Crippen LogP contribution in [0.15, 0.2) is 72.2 Å². The van der Waals surface area contributed by atoms with E-state index in [4.69, 9.17) is 0 Å². The number of hydrogen-bond acceptors (Lipinski definition) is 3. The second-order valence-electron chi connectivity index (χ2n) is 8.46. The van der Waals surface area contributed by atoms with Crippen molar-refractivity contribution in [2.75, 3.05) is 20.1 Å². The number of nitrogens with one attached hydrogen (secondary N) is 1. The first kappa shape index (κ1) is 23.3. The monoisotopic (exact) mass is 555 g/mol. The van der Waals surface area contributed by atoms with Gasteiger partial charge in [-0.3, -0.25) is 9.67 Å². The largest absolute Gasteiger partial charge is 0.352 e. The molecule has 2 aromatic carbocycles. The third kappa shape index (κ3) is 5.21. The van der Waals surface area contributed by atoms with Gasteiger partial charge in [-0.25, -0.2) is 4.98 Å². The van der Waals surface area contributed by atoms with Gasteiger partial charge in [0.25, 0.3) is 0 Å². The maximum Gasteiger partial charge on any atom is 0.193 e. The first-order valence-electron chi connectivity index (χ1n) is 11.1. The van der Waals surface area contributed by atoms with Gasteiger partial charge in [0.15, 0.2) is 5.96 Å². The van der Waals surface area contributed by atoms with Gasteiger partial charge >= 0.3 is 0 Å². The minimum Gasteiger partial charge on any atom is -0.352 e. The van der Waals surface area contributed by atoms with E-state index < -0.39 is 0 Å². The maximum atomic E-state index is 4.52. The zero-order valence-corrected chi connectivity index (χ0v) is 21.4. The molecule has 0 saturated carbocycles. The van der Waals surface area contributed by atoms with E-state index in [2.05, 4.69) is 72.5 Å². The van der Waals surface area contributed by atoms with Gasteiger partial charge in [0.2, 0.25) is 0 Å². The summed E-state index contributed by atoms with van der Waals surface area (Å²) in [5.41, 5.74) is 6.02. The summed E-state index contributed by atoms with van der Waals surface area (Å²) in [5.74, 6) is 1.48. The van der Waals surface area contributed by atoms with Gasteiger partial charge in [-0.2, -0.15) is 5.10 Å². The molecule has 3 heterocycles. The fourth-order valence-corrected chi connectivity index (χ4v) is 4.48. The molecule has 172 valence electrons. The van der Waals surface area contributed by atoms with Crippen molar-refractivity contribution < 1.29 is 0 Å². The van der Waals surface area contributed by atoms with Crippen LogP contribution in [0.1, 0.15) is 29.0 Å². The van der Waals surface area contributed by atoms with Crippen LogP contribution < -0.4 is 5.32 Å². The molecular weight excluding hydrogens is 525 g/mol. The number of nitrogens with zero attached hydrogens (tertiary/aromatic N) is 6. The summed E-state index contributed by atoms with van der Waals surface area (Å²) in [4.78, 5) is 11.3. The molecule has 4 aromatic rings. The van der Waals surface area contributed by atoms with Gasteiger partial charge in [0.05, 0.1) is 23.6 Å². The van der Waals surface area contributed by atoms with Crippen LogP contribution >= 0.6 is 24.0 Å². The third-order valence-electron chi connectivity index (χ3n) is 6.25. The number of benzene rings is 2. The number of aliphatic imine (C=N–C) groups is 1. The normalized spacial score (nSPS) is 16.2. The zero-order chi connectivity index (χ0) is 21.9. The van der Waals surface area contributed by atoms with Gasteiger partial charge in [-0.05, 0) is 35.2 Å². The second kappa shape index (κ2) is 10.4. The van der Waals surface area contributed by atoms with Crippen LogP contribution in [-0.4, -0.2) is 50.3 Å². The lowest BCUT2D eigenvalue weighted by Crippen LogP contribution is -2.39. The number of imidazole rings is 1. The van der Waals surface area contributed by atoms with Crippen LogP contribution in [-0.2, 0) is 20.1 Å². The molecule has 33 heavy (non-hydrogen) atoms. The molecule has 1 aliphatic heterocycles. The molecule has 1 atom stereocenters. The summed E-state index contributed by atoms with van der Waals surface area (Å²) in [7, 11) is 3.83. The fraction of sp³-hybridized carbons (Fsp3) is 0.320. The van der Waals surface area contributed by atoms with Crippen molar-refractivity contribution in [2.24, 2.45) is 12.0 Å². The molecule has 1 unspecified atom stereocenters. The lowest BCUT2D eigenvalue weighted by molar-refractivity contribution is 0.486. The summed E-state index contributed by atoms with van der Waals surface area (Å²) < 4.78 is 4.07. The Labute approximate surface area is 211 Å². The molecule has 1 saturated heterocycles. The number of guanidine groups is 1. The quantitative estimate of drug-likeness (QED) is 0.230. The van der Waals surface area contributed by atoms with Crippen LogP contribution in [0, 0.1) is 0 Å². The number of halogens is 1. The Morgan fingerprint density at radius 1 is 1.12 bits per heavy atom. The molecule has 0 aliphatic carbocycles. The highest BCUT2D eigenvalue weighted by Crippen LogP contribution is 2.26. The number of aromatic nitrogens is 4. The second-order valence-corrected chi connectivity index (χ2v) is 8.46. The van der Waals surface area contributed by atoms with Crippen LogP contribution in [0.4, 0.5) is 0 Å². The zero-order valence-electron chi connectivity index (χ0n) is 19.1. The summed E-state index contributed by atoms with van der Waals surface area (Å²) in [5, 5.41) is 7.85. The van der Waals surface area contributed by atoms with E-state index in [1.807, 2.05) is 43.4 Å². The Balaban J connectivity index is 0.00000259. The highest BCUT2D eigenvalue weighted by atomic mass is 127. The van der Waals surface area contributed by atoms with Crippen LogP contribution in [0.25, 0.3) is 11.0 Å². The van der Waals surface area contributed by atoms with Gasteiger partial charge in [-0.15, -0.1) is 24.0 Å². The molecule has 1 fully saturated rings. The highest BCUT2D eigenvalue weighted by Gasteiger charge is 2.26. The van der Waals surface area contributed by atoms with Crippen LogP contribution in [0.2, 0.25) is 0 Å². The first-order chi connectivity index (χ1) is 15.7. The van der Waals surface area contributed by atoms with Crippen molar-refractivity contribution in [3.8, 4) is 0 Å². The van der Waals surface area contributed by atoms with Crippen molar-refractivity contribution in [3.63, 3.8) is 0 Å². The third-order valence-corrected chi connectivity index (χ3v) is 6.25. The van der Waals surface area contributed by atoms with Gasteiger partial charge < -0.3 is 14.8 Å². The predicted octanol–water partition coefficient (Wildman–Crippen LogP) is 4.00. The molecule has 1 aliphatic rings. The van der Waals surface area contributed by atoms with Crippen molar-refractivity contribution in [2.45, 2.75) is 25.4 Å². The Kier molecular flexibility index (Phi) is 7.32. The molecular formula is C25H30IN7. The van der Waals surface area contributed by atoms with Crippen molar-refractivity contribution in [1.82, 2.24) is 29.5 Å². The Morgan fingerprint density at radius 2 is 1.91 bits per heavy atom. The Bertz CT molecular complexity index is 1230. The number of para-hydroxylation sites is 2. The van der Waals surface area contributed by atoms with Crippen LogP contribution in [0.5, 0.6) is 0 Å². The number of rotatable bonds is 5. The minimum absolute atomic E-state index is 0. The van der Waals surface area contributed by atoms with E-state index in [1.165, 1.54) is 16.7 Å². The summed E-state index contributed by atoms with van der Waals surface area (Å²) in [6.45, 7) is 3.56. The van der Waals surface area contributed by atoms with E-state index >= 15 is 0 Å². The summed E-state index contributed by atoms with van der Waals surface area (Å²) in [6, 6.07) is 17.0. The van der Waals surface area contributed by atoms with Crippen molar-refractivity contribution in [1.29, 1.82) is 0 Å². The average Bonchev–Trinajstić information content (AvgIpc) is 3.56. The molecule has 0 radical (unpaired) electrons. The summed E-state index contributed by atoms with van der Waals surface area (Å²) >= 11 is 0. The van der Waals surface area contributed by atoms with Gasteiger partial charge in [0.1, 0.15) is 0 Å². The number of hydrogen-bond donors (Lipinski definition) is 1. The van der Waals surface area contributed by atoms with Gasteiger partial charge in [0, 0.05) is 52.4 Å². The smallest absolute Gasteiger partial charge is 0.193 e. The lowest BCUT2D eigenvalue weighted by atomic mass is 10.0. The molecule has 7 nitrogen and oxygen atoms in total. The predicted molar refractivity (Wildman–Crippen MR) is 143 cm³/mol. The van der Waals surface area contributed by atoms with E-state index in [0.717, 1.165) is 49.6 Å². The molecule has 1 N–H and O–H groups in total. The Morgan fingerprint density at radius 3 is 2.67 bits per heavy atom. The summed E-state index contributed by atoms with van der Waals surface area (Å²) in [6.07, 6.45) is 7.15. The standard InChI is InChI=1S/C25H29N7.HI/c1-26-25(31-12-11-21(17-31)22-14-29-30(2)16-22)27-13-19-7-9-20(10-8-19)15-32-18-28-23-5-3-4-6-24(23)32;/h3-10,14,16,18,21H,11-13,15,17H2,1-2H3,(H,26,27);1H. The SMILES string of the molecule is CN=C(NCc1ccc(Cn2cnc3ccccc32)cc1)N1CCC(c2cnn(C)c2)C1.I. The molecule has 0 spiro atoms. The lowest BCUT2D eigenvalue weighted by Gasteiger charge is -2.21. The number of likely N-dealkylation sites (tertiary alicyclic amines) is 1. The minimum atomic E-state index is 0. The first-order valence-corrected chi connectivity index (χ1v) is 11.1. The molecule has 0 bridgehead atoms.